The third-order valence-corrected chi connectivity index (χ3v) is 2.37. The van der Waals surface area contributed by atoms with E-state index in [1.54, 1.807) is 17.1 Å². The molecule has 1 aliphatic rings. The van der Waals surface area contributed by atoms with Crippen molar-refractivity contribution in [3.05, 3.63) is 30.6 Å². The lowest BCUT2D eigenvalue weighted by molar-refractivity contribution is 0.513. The highest BCUT2D eigenvalue weighted by molar-refractivity contribution is 5.60. The molecule has 2 unspecified atom stereocenters. The Morgan fingerprint density at radius 1 is 1.57 bits per heavy atom. The van der Waals surface area contributed by atoms with E-state index >= 15 is 0 Å². The Kier molecular flexibility index (Phi) is 1.98. The Bertz CT molecular complexity index is 374. The van der Waals surface area contributed by atoms with Crippen LogP contribution < -0.4 is 11.5 Å². The van der Waals surface area contributed by atoms with Crippen molar-refractivity contribution in [1.29, 1.82) is 0 Å². The summed E-state index contributed by atoms with van der Waals surface area (Å²) in [6.45, 7) is 1.89. The van der Waals surface area contributed by atoms with Gasteiger partial charge in [0.25, 0.3) is 0 Å². The minimum Gasteiger partial charge on any atom is -0.323 e. The lowest BCUT2D eigenvalue weighted by Gasteiger charge is -2.29. The number of hydrogen-bond donors (Lipinski definition) is 2. The van der Waals surface area contributed by atoms with Crippen LogP contribution in [-0.4, -0.2) is 26.6 Å². The molecule has 1 aliphatic carbocycles. The van der Waals surface area contributed by atoms with Gasteiger partial charge in [0.15, 0.2) is 0 Å². The first kappa shape index (κ1) is 9.11. The van der Waals surface area contributed by atoms with Crippen LogP contribution in [0.1, 0.15) is 6.92 Å². The van der Waals surface area contributed by atoms with Gasteiger partial charge in [-0.2, -0.15) is 0 Å². The minimum atomic E-state index is -0.482. The number of aromatic nitrogens is 3. The second-order valence-corrected chi connectivity index (χ2v) is 3.66. The summed E-state index contributed by atoms with van der Waals surface area (Å²) in [5, 5.41) is 7.60. The van der Waals surface area contributed by atoms with E-state index in [0.29, 0.717) is 0 Å². The maximum absolute atomic E-state index is 5.94. The molecule has 14 heavy (non-hydrogen) atoms. The highest BCUT2D eigenvalue weighted by Gasteiger charge is 2.25. The Morgan fingerprint density at radius 3 is 2.93 bits per heavy atom. The average Bonchev–Trinajstić information content (AvgIpc) is 2.62. The molecular formula is C9H13N5. The summed E-state index contributed by atoms with van der Waals surface area (Å²) in [6.07, 6.45) is 9.06. The van der Waals surface area contributed by atoms with E-state index in [-0.39, 0.29) is 6.04 Å². The molecule has 1 aromatic heterocycles. The van der Waals surface area contributed by atoms with Gasteiger partial charge < -0.3 is 11.5 Å². The van der Waals surface area contributed by atoms with E-state index in [2.05, 4.69) is 10.3 Å². The van der Waals surface area contributed by atoms with Crippen molar-refractivity contribution in [2.75, 3.05) is 0 Å². The van der Waals surface area contributed by atoms with Gasteiger partial charge >= 0.3 is 0 Å². The quantitative estimate of drug-likeness (QED) is 0.640. The van der Waals surface area contributed by atoms with E-state index in [1.165, 1.54) is 0 Å². The Balaban J connectivity index is 2.31. The van der Waals surface area contributed by atoms with E-state index in [1.807, 2.05) is 25.2 Å². The van der Waals surface area contributed by atoms with Gasteiger partial charge in [0.05, 0.1) is 23.6 Å². The van der Waals surface area contributed by atoms with Crippen LogP contribution in [0.5, 0.6) is 0 Å². The van der Waals surface area contributed by atoms with Crippen LogP contribution >= 0.6 is 0 Å². The second kappa shape index (κ2) is 3.04. The molecule has 1 heterocycles. The van der Waals surface area contributed by atoms with Crippen molar-refractivity contribution in [2.24, 2.45) is 11.5 Å². The van der Waals surface area contributed by atoms with Gasteiger partial charge in [-0.1, -0.05) is 11.3 Å². The molecule has 4 N–H and O–H groups in total. The number of nitrogens with zero attached hydrogens (tertiary/aromatic N) is 3. The molecule has 2 atom stereocenters. The fourth-order valence-corrected chi connectivity index (χ4v) is 1.29. The molecule has 0 bridgehead atoms. The summed E-state index contributed by atoms with van der Waals surface area (Å²) in [4.78, 5) is 0. The minimum absolute atomic E-state index is 0.202. The molecule has 5 nitrogen and oxygen atoms in total. The summed E-state index contributed by atoms with van der Waals surface area (Å²) >= 11 is 0. The van der Waals surface area contributed by atoms with Crippen LogP contribution in [0.3, 0.4) is 0 Å². The van der Waals surface area contributed by atoms with Crippen molar-refractivity contribution in [2.45, 2.75) is 18.5 Å². The van der Waals surface area contributed by atoms with Gasteiger partial charge in [0.2, 0.25) is 0 Å². The maximum Gasteiger partial charge on any atom is 0.0697 e. The predicted molar refractivity (Wildman–Crippen MR) is 54.0 cm³/mol. The topological polar surface area (TPSA) is 82.8 Å². The Labute approximate surface area is 82.1 Å². The maximum atomic E-state index is 5.94. The van der Waals surface area contributed by atoms with E-state index < -0.39 is 5.54 Å². The van der Waals surface area contributed by atoms with Gasteiger partial charge in [-0.3, -0.25) is 0 Å². The Hall–Kier alpha value is -1.46. The smallest absolute Gasteiger partial charge is 0.0697 e. The van der Waals surface area contributed by atoms with Crippen molar-refractivity contribution in [1.82, 2.24) is 15.0 Å². The SMILES string of the molecule is CC1(N)C=CC(n2ccnn2)=CC1N. The summed E-state index contributed by atoms with van der Waals surface area (Å²) < 4.78 is 1.66. The van der Waals surface area contributed by atoms with Crippen LogP contribution in [0.15, 0.2) is 30.6 Å². The third kappa shape index (κ3) is 1.47. The summed E-state index contributed by atoms with van der Waals surface area (Å²) in [6, 6.07) is -0.202. The zero-order valence-electron chi connectivity index (χ0n) is 7.96. The number of nitrogens with two attached hydrogens (primary N) is 2. The predicted octanol–water partition coefficient (Wildman–Crippen LogP) is -0.266. The van der Waals surface area contributed by atoms with E-state index in [9.17, 15) is 0 Å². The average molecular weight is 191 g/mol. The van der Waals surface area contributed by atoms with Crippen molar-refractivity contribution < 1.29 is 0 Å². The molecule has 2 rings (SSSR count). The van der Waals surface area contributed by atoms with Crippen molar-refractivity contribution >= 4 is 5.70 Å². The lowest BCUT2D eigenvalue weighted by Crippen LogP contribution is -2.51. The van der Waals surface area contributed by atoms with Crippen molar-refractivity contribution in [3.63, 3.8) is 0 Å². The highest BCUT2D eigenvalue weighted by atomic mass is 15.4. The standard InChI is InChI=1S/C9H13N5/c1-9(11)3-2-7(6-8(9)10)14-5-4-12-13-14/h2-6,8H,10-11H2,1H3. The molecular weight excluding hydrogens is 178 g/mol. The number of hydrogen-bond acceptors (Lipinski definition) is 4. The first-order chi connectivity index (χ1) is 6.59. The Morgan fingerprint density at radius 2 is 2.36 bits per heavy atom. The first-order valence-corrected chi connectivity index (χ1v) is 4.42. The summed E-state index contributed by atoms with van der Waals surface area (Å²) in [5.41, 5.74) is 12.2. The second-order valence-electron chi connectivity index (χ2n) is 3.66. The van der Waals surface area contributed by atoms with Gasteiger partial charge in [-0.05, 0) is 19.1 Å². The molecule has 1 aromatic rings. The van der Waals surface area contributed by atoms with Crippen LogP contribution in [0.25, 0.3) is 5.70 Å². The van der Waals surface area contributed by atoms with Crippen LogP contribution in [0.2, 0.25) is 0 Å². The molecule has 0 radical (unpaired) electrons. The van der Waals surface area contributed by atoms with Crippen LogP contribution in [-0.2, 0) is 0 Å². The fourth-order valence-electron chi connectivity index (χ4n) is 1.29. The highest BCUT2D eigenvalue weighted by Crippen LogP contribution is 2.19. The van der Waals surface area contributed by atoms with E-state index in [4.69, 9.17) is 11.5 Å². The van der Waals surface area contributed by atoms with Gasteiger partial charge in [-0.25, -0.2) is 4.68 Å². The molecule has 0 fully saturated rings. The first-order valence-electron chi connectivity index (χ1n) is 4.42. The molecule has 0 amide bonds. The summed E-state index contributed by atoms with van der Waals surface area (Å²) in [7, 11) is 0. The molecule has 74 valence electrons. The van der Waals surface area contributed by atoms with Crippen LogP contribution in [0.4, 0.5) is 0 Å². The molecule has 0 saturated heterocycles. The molecule has 0 saturated carbocycles. The normalized spacial score (nSPS) is 31.6. The molecule has 0 aliphatic heterocycles. The fraction of sp³-hybridized carbons (Fsp3) is 0.333. The van der Waals surface area contributed by atoms with Gasteiger partial charge in [0.1, 0.15) is 0 Å². The largest absolute Gasteiger partial charge is 0.323 e. The third-order valence-electron chi connectivity index (χ3n) is 2.37. The number of allylic oxidation sites excluding steroid dienone is 2. The monoisotopic (exact) mass is 191 g/mol. The zero-order valence-corrected chi connectivity index (χ0v) is 7.96. The number of rotatable bonds is 1. The molecule has 0 spiro atoms. The lowest BCUT2D eigenvalue weighted by atomic mass is 9.89. The van der Waals surface area contributed by atoms with Gasteiger partial charge in [0, 0.05) is 6.04 Å². The van der Waals surface area contributed by atoms with Gasteiger partial charge in [-0.15, -0.1) is 5.10 Å². The zero-order chi connectivity index (χ0) is 10.2. The van der Waals surface area contributed by atoms with Crippen molar-refractivity contribution in [3.8, 4) is 0 Å². The van der Waals surface area contributed by atoms with E-state index in [0.717, 1.165) is 5.70 Å². The molecule has 5 heteroatoms. The summed E-state index contributed by atoms with van der Waals surface area (Å²) in [5.74, 6) is 0. The van der Waals surface area contributed by atoms with Crippen LogP contribution in [0, 0.1) is 0 Å². The molecule has 0 aromatic carbocycles.